The Morgan fingerprint density at radius 3 is 2.56 bits per heavy atom. The van der Waals surface area contributed by atoms with Crippen LogP contribution in [0.25, 0.3) is 0 Å². The third kappa shape index (κ3) is 5.96. The summed E-state index contributed by atoms with van der Waals surface area (Å²) >= 11 is 1.75. The average Bonchev–Trinajstić information content (AvgIpc) is 2.78. The molecule has 2 rings (SSSR count). The second kappa shape index (κ2) is 8.86. The number of hydrogen-bond acceptors (Lipinski definition) is 4. The Kier molecular flexibility index (Phi) is 7.34. The molecule has 0 aromatic heterocycles. The lowest BCUT2D eigenvalue weighted by molar-refractivity contribution is 0.0675. The molecular weight excluding hydrogens is 246 g/mol. The minimum atomic E-state index is 0.203. The van der Waals surface area contributed by atoms with Crippen molar-refractivity contribution in [2.45, 2.75) is 25.9 Å². The molecule has 0 radical (unpaired) electrons. The van der Waals surface area contributed by atoms with Gasteiger partial charge in [0.25, 0.3) is 0 Å². The van der Waals surface area contributed by atoms with Crippen molar-refractivity contribution in [2.75, 3.05) is 19.1 Å². The molecular formula is C14H21NO2S. The summed E-state index contributed by atoms with van der Waals surface area (Å²) in [7, 11) is 0. The van der Waals surface area contributed by atoms with Crippen LogP contribution in [0.15, 0.2) is 35.5 Å². The van der Waals surface area contributed by atoms with E-state index in [-0.39, 0.29) is 6.10 Å². The monoisotopic (exact) mass is 267 g/mol. The normalized spacial score (nSPS) is 17.3. The quantitative estimate of drug-likeness (QED) is 0.835. The summed E-state index contributed by atoms with van der Waals surface area (Å²) in [5, 5.41) is 3.90. The Hall–Kier alpha value is -1.16. The lowest BCUT2D eigenvalue weighted by Crippen LogP contribution is -2.12. The van der Waals surface area contributed by atoms with Gasteiger partial charge in [-0.15, -0.1) is 0 Å². The third-order valence-electron chi connectivity index (χ3n) is 2.33. The van der Waals surface area contributed by atoms with Crippen molar-refractivity contribution < 1.29 is 9.57 Å². The van der Waals surface area contributed by atoms with Gasteiger partial charge in [-0.2, -0.15) is 11.8 Å². The van der Waals surface area contributed by atoms with Gasteiger partial charge in [0.05, 0.1) is 12.3 Å². The highest BCUT2D eigenvalue weighted by Gasteiger charge is 2.17. The van der Waals surface area contributed by atoms with Crippen LogP contribution in [-0.4, -0.2) is 30.9 Å². The van der Waals surface area contributed by atoms with Crippen LogP contribution < -0.4 is 4.74 Å². The number of ether oxygens (including phenoxy) is 1. The van der Waals surface area contributed by atoms with Crippen LogP contribution >= 0.6 is 11.8 Å². The molecule has 0 aliphatic carbocycles. The molecule has 0 spiro atoms. The van der Waals surface area contributed by atoms with Crippen molar-refractivity contribution in [3.8, 4) is 5.75 Å². The van der Waals surface area contributed by atoms with E-state index in [1.807, 2.05) is 49.8 Å². The summed E-state index contributed by atoms with van der Waals surface area (Å²) < 4.78 is 5.57. The molecule has 0 amide bonds. The maximum Gasteiger partial charge on any atom is 0.136 e. The van der Waals surface area contributed by atoms with E-state index < -0.39 is 0 Å². The predicted molar refractivity (Wildman–Crippen MR) is 78.6 cm³/mol. The molecule has 100 valence electrons. The maximum atomic E-state index is 5.57. The first-order chi connectivity index (χ1) is 8.76. The van der Waals surface area contributed by atoms with E-state index in [2.05, 4.69) is 5.16 Å². The highest BCUT2D eigenvalue weighted by molar-refractivity contribution is 7.97. The van der Waals surface area contributed by atoms with Crippen LogP contribution in [0.3, 0.4) is 0 Å². The molecule has 0 bridgehead atoms. The Balaban J connectivity index is 0.000000492. The first kappa shape index (κ1) is 14.9. The van der Waals surface area contributed by atoms with Crippen LogP contribution in [0.4, 0.5) is 0 Å². The summed E-state index contributed by atoms with van der Waals surface area (Å²) in [6.07, 6.45) is 6.10. The molecule has 1 aromatic carbocycles. The van der Waals surface area contributed by atoms with Crippen molar-refractivity contribution in [3.05, 3.63) is 30.3 Å². The first-order valence-corrected chi connectivity index (χ1v) is 7.66. The molecule has 18 heavy (non-hydrogen) atoms. The number of oxime groups is 1. The highest BCUT2D eigenvalue weighted by Crippen LogP contribution is 2.15. The molecule has 0 unspecified atom stereocenters. The topological polar surface area (TPSA) is 30.8 Å². The summed E-state index contributed by atoms with van der Waals surface area (Å²) in [4.78, 5) is 5.21. The van der Waals surface area contributed by atoms with Crippen molar-refractivity contribution in [3.63, 3.8) is 0 Å². The van der Waals surface area contributed by atoms with Gasteiger partial charge in [0, 0.05) is 12.8 Å². The van der Waals surface area contributed by atoms with Gasteiger partial charge in [-0.1, -0.05) is 23.4 Å². The van der Waals surface area contributed by atoms with Gasteiger partial charge in [0.15, 0.2) is 0 Å². The third-order valence-corrected chi connectivity index (χ3v) is 2.33. The number of rotatable bonds is 4. The van der Waals surface area contributed by atoms with Crippen molar-refractivity contribution in [1.82, 2.24) is 0 Å². The highest BCUT2D eigenvalue weighted by atomic mass is 32.2. The number of benzene rings is 1. The van der Waals surface area contributed by atoms with Crippen molar-refractivity contribution >= 4 is 17.5 Å². The fourth-order valence-corrected chi connectivity index (χ4v) is 1.55. The van der Waals surface area contributed by atoms with Gasteiger partial charge in [0.1, 0.15) is 11.9 Å². The maximum absolute atomic E-state index is 5.57. The van der Waals surface area contributed by atoms with Gasteiger partial charge in [-0.25, -0.2) is 0 Å². The number of hydrogen-bond donors (Lipinski definition) is 0. The Morgan fingerprint density at radius 1 is 1.33 bits per heavy atom. The molecule has 0 saturated heterocycles. The molecule has 0 fully saturated rings. The van der Waals surface area contributed by atoms with Crippen LogP contribution in [0.1, 0.15) is 19.8 Å². The minimum Gasteiger partial charge on any atom is -0.493 e. The molecule has 3 nitrogen and oxygen atoms in total. The molecule has 1 aliphatic rings. The van der Waals surface area contributed by atoms with Crippen LogP contribution in [-0.2, 0) is 4.84 Å². The fourth-order valence-electron chi connectivity index (χ4n) is 1.55. The lowest BCUT2D eigenvalue weighted by Gasteiger charge is -2.09. The van der Waals surface area contributed by atoms with Gasteiger partial charge in [-0.05, 0) is 31.6 Å². The van der Waals surface area contributed by atoms with Gasteiger partial charge in [-0.3, -0.25) is 0 Å². The molecule has 1 aliphatic heterocycles. The SMILES string of the molecule is CC1=NO[C@H](CCOc2ccccc2)C1.CSC. The zero-order valence-corrected chi connectivity index (χ0v) is 12.1. The van der Waals surface area contributed by atoms with E-state index in [1.165, 1.54) is 0 Å². The second-order valence-electron chi connectivity index (χ2n) is 4.12. The number of thioether (sulfide) groups is 1. The Labute approximate surface area is 114 Å². The average molecular weight is 267 g/mol. The minimum absolute atomic E-state index is 0.203. The van der Waals surface area contributed by atoms with E-state index in [4.69, 9.17) is 9.57 Å². The lowest BCUT2D eigenvalue weighted by atomic mass is 10.1. The summed E-state index contributed by atoms with van der Waals surface area (Å²) in [6.45, 7) is 2.66. The zero-order valence-electron chi connectivity index (χ0n) is 11.3. The van der Waals surface area contributed by atoms with Gasteiger partial charge in [0.2, 0.25) is 0 Å². The Bertz CT molecular complexity index is 354. The fraction of sp³-hybridized carbons (Fsp3) is 0.500. The van der Waals surface area contributed by atoms with Gasteiger partial charge < -0.3 is 9.57 Å². The summed E-state index contributed by atoms with van der Waals surface area (Å²) in [5.74, 6) is 0.910. The van der Waals surface area contributed by atoms with Crippen molar-refractivity contribution in [1.29, 1.82) is 0 Å². The smallest absolute Gasteiger partial charge is 0.136 e. The molecule has 0 saturated carbocycles. The predicted octanol–water partition coefficient (Wildman–Crippen LogP) is 3.60. The Morgan fingerprint density at radius 2 is 2.00 bits per heavy atom. The van der Waals surface area contributed by atoms with E-state index >= 15 is 0 Å². The first-order valence-electron chi connectivity index (χ1n) is 6.03. The van der Waals surface area contributed by atoms with Crippen LogP contribution in [0.2, 0.25) is 0 Å². The van der Waals surface area contributed by atoms with E-state index in [9.17, 15) is 0 Å². The molecule has 1 atom stereocenters. The molecule has 1 heterocycles. The largest absolute Gasteiger partial charge is 0.493 e. The van der Waals surface area contributed by atoms with E-state index in [1.54, 1.807) is 11.8 Å². The van der Waals surface area contributed by atoms with Gasteiger partial charge >= 0.3 is 0 Å². The van der Waals surface area contributed by atoms with Crippen LogP contribution in [0.5, 0.6) is 5.75 Å². The van der Waals surface area contributed by atoms with Crippen LogP contribution in [0, 0.1) is 0 Å². The summed E-state index contributed by atoms with van der Waals surface area (Å²) in [5.41, 5.74) is 1.07. The number of para-hydroxylation sites is 1. The molecule has 0 N–H and O–H groups in total. The van der Waals surface area contributed by atoms with E-state index in [0.29, 0.717) is 6.61 Å². The molecule has 1 aromatic rings. The molecule has 4 heteroatoms. The second-order valence-corrected chi connectivity index (χ2v) is 4.93. The summed E-state index contributed by atoms with van der Waals surface area (Å²) in [6, 6.07) is 9.82. The zero-order chi connectivity index (χ0) is 13.2. The van der Waals surface area contributed by atoms with E-state index in [0.717, 1.165) is 24.3 Å². The standard InChI is InChI=1S/C12H15NO2.C2H6S/c1-10-9-12(15-13-10)7-8-14-11-5-3-2-4-6-11;1-3-2/h2-6,12H,7-9H2,1H3;1-2H3/t12-;/m1./s1. The van der Waals surface area contributed by atoms with Crippen molar-refractivity contribution in [2.24, 2.45) is 5.16 Å². The number of nitrogens with zero attached hydrogens (tertiary/aromatic N) is 1.